The molecule has 0 saturated carbocycles. The molecule has 1 aromatic carbocycles. The second kappa shape index (κ2) is 8.52. The van der Waals surface area contributed by atoms with Crippen LogP contribution in [0.2, 0.25) is 0 Å². The fraction of sp³-hybridized carbons (Fsp3) is 0.450. The highest BCUT2D eigenvalue weighted by Crippen LogP contribution is 2.17. The van der Waals surface area contributed by atoms with Crippen LogP contribution in [0.3, 0.4) is 0 Å². The van der Waals surface area contributed by atoms with Crippen LogP contribution in [0.15, 0.2) is 39.9 Å². The normalized spacial score (nSPS) is 12.5. The van der Waals surface area contributed by atoms with Gasteiger partial charge in [-0.3, -0.25) is 13.9 Å². The summed E-state index contributed by atoms with van der Waals surface area (Å²) in [6.45, 7) is 4.89. The van der Waals surface area contributed by atoms with Gasteiger partial charge < -0.3 is 19.7 Å². The van der Waals surface area contributed by atoms with Gasteiger partial charge in [0.2, 0.25) is 5.95 Å². The molecule has 9 nitrogen and oxygen atoms in total. The Morgan fingerprint density at radius 2 is 1.83 bits per heavy atom. The molecule has 29 heavy (non-hydrogen) atoms. The van der Waals surface area contributed by atoms with Crippen molar-refractivity contribution in [2.24, 2.45) is 20.0 Å². The van der Waals surface area contributed by atoms with Gasteiger partial charge >= 0.3 is 5.69 Å². The van der Waals surface area contributed by atoms with Gasteiger partial charge in [0.1, 0.15) is 18.5 Å². The smallest absolute Gasteiger partial charge is 0.332 e. The minimum absolute atomic E-state index is 0.0549. The molecule has 0 aliphatic heterocycles. The summed E-state index contributed by atoms with van der Waals surface area (Å²) in [6, 6.07) is 9.20. The van der Waals surface area contributed by atoms with Crippen molar-refractivity contribution in [3.63, 3.8) is 0 Å². The Balaban J connectivity index is 1.96. The lowest BCUT2D eigenvalue weighted by Crippen LogP contribution is -2.38. The second-order valence-electron chi connectivity index (χ2n) is 7.48. The van der Waals surface area contributed by atoms with Crippen LogP contribution in [0.4, 0.5) is 5.95 Å². The van der Waals surface area contributed by atoms with Gasteiger partial charge in [-0.1, -0.05) is 32.0 Å². The number of aryl methyl sites for hydroxylation is 1. The van der Waals surface area contributed by atoms with Crippen LogP contribution in [0.5, 0.6) is 5.75 Å². The minimum atomic E-state index is -0.880. The number of para-hydroxylation sites is 1. The summed E-state index contributed by atoms with van der Waals surface area (Å²) in [5.74, 6) is 1.44. The van der Waals surface area contributed by atoms with E-state index in [0.29, 0.717) is 24.2 Å². The number of nitrogens with zero attached hydrogens (tertiary/aromatic N) is 4. The average Bonchev–Trinajstić information content (AvgIpc) is 3.06. The van der Waals surface area contributed by atoms with Crippen LogP contribution in [0, 0.1) is 5.92 Å². The molecule has 0 radical (unpaired) electrons. The van der Waals surface area contributed by atoms with E-state index in [1.54, 1.807) is 23.7 Å². The van der Waals surface area contributed by atoms with Gasteiger partial charge in [0.15, 0.2) is 11.2 Å². The first kappa shape index (κ1) is 20.7. The molecular formula is C20H27N5O4. The summed E-state index contributed by atoms with van der Waals surface area (Å²) < 4.78 is 9.62. The molecule has 1 atom stereocenters. The molecule has 3 aromatic rings. The molecule has 2 heterocycles. The maximum atomic E-state index is 12.8. The van der Waals surface area contributed by atoms with Crippen molar-refractivity contribution in [3.05, 3.63) is 51.2 Å². The van der Waals surface area contributed by atoms with Crippen molar-refractivity contribution in [1.82, 2.24) is 18.7 Å². The summed E-state index contributed by atoms with van der Waals surface area (Å²) in [5.41, 5.74) is -0.361. The van der Waals surface area contributed by atoms with Crippen molar-refractivity contribution in [2.75, 3.05) is 18.5 Å². The van der Waals surface area contributed by atoms with Crippen LogP contribution in [0.25, 0.3) is 11.2 Å². The lowest BCUT2D eigenvalue weighted by atomic mass is 10.2. The third-order valence-corrected chi connectivity index (χ3v) is 4.60. The molecule has 0 bridgehead atoms. The van der Waals surface area contributed by atoms with Gasteiger partial charge in [0.05, 0.1) is 6.54 Å². The van der Waals surface area contributed by atoms with E-state index in [1.807, 2.05) is 18.2 Å². The predicted molar refractivity (Wildman–Crippen MR) is 111 cm³/mol. The number of aliphatic hydroxyl groups is 1. The highest BCUT2D eigenvalue weighted by atomic mass is 16.5. The van der Waals surface area contributed by atoms with Crippen LogP contribution >= 0.6 is 0 Å². The van der Waals surface area contributed by atoms with Gasteiger partial charge in [-0.15, -0.1) is 0 Å². The molecule has 0 fully saturated rings. The number of imidazole rings is 1. The van der Waals surface area contributed by atoms with Crippen molar-refractivity contribution in [1.29, 1.82) is 0 Å². The maximum absolute atomic E-state index is 12.8. The van der Waals surface area contributed by atoms with Crippen LogP contribution in [-0.4, -0.2) is 43.0 Å². The number of anilines is 1. The van der Waals surface area contributed by atoms with Crippen LogP contribution in [-0.2, 0) is 20.6 Å². The number of fused-ring (bicyclic) bond motifs is 1. The molecular weight excluding hydrogens is 374 g/mol. The molecule has 0 spiro atoms. The van der Waals surface area contributed by atoms with Crippen molar-refractivity contribution in [3.8, 4) is 5.75 Å². The fourth-order valence-corrected chi connectivity index (χ4v) is 3.03. The van der Waals surface area contributed by atoms with Crippen molar-refractivity contribution < 1.29 is 9.84 Å². The van der Waals surface area contributed by atoms with Crippen LogP contribution in [0.1, 0.15) is 13.8 Å². The minimum Gasteiger partial charge on any atom is -0.491 e. The lowest BCUT2D eigenvalue weighted by molar-refractivity contribution is 0.0938. The predicted octanol–water partition coefficient (Wildman–Crippen LogP) is 0.942. The SMILES string of the molecule is CC(C)CNc1nc2c(c(=O)n(C)c(=O)n2C)n1C[C@@H](O)COc1ccccc1. The van der Waals surface area contributed by atoms with E-state index in [0.717, 1.165) is 4.57 Å². The summed E-state index contributed by atoms with van der Waals surface area (Å²) in [4.78, 5) is 29.5. The highest BCUT2D eigenvalue weighted by molar-refractivity contribution is 5.74. The van der Waals surface area contributed by atoms with E-state index in [-0.39, 0.29) is 24.3 Å². The number of benzene rings is 1. The summed E-state index contributed by atoms with van der Waals surface area (Å²) >= 11 is 0. The first-order valence-corrected chi connectivity index (χ1v) is 9.55. The molecule has 0 aliphatic rings. The maximum Gasteiger partial charge on any atom is 0.332 e. The lowest BCUT2D eigenvalue weighted by Gasteiger charge is -2.16. The van der Waals surface area contributed by atoms with Gasteiger partial charge in [-0.25, -0.2) is 4.79 Å². The number of hydrogen-bond acceptors (Lipinski definition) is 6. The molecule has 3 rings (SSSR count). The standard InChI is InChI=1S/C20H27N5O4/c1-13(2)10-21-19-22-17-16(18(27)24(4)20(28)23(17)3)25(19)11-14(26)12-29-15-8-6-5-7-9-15/h5-9,13-14,26H,10-12H2,1-4H3,(H,21,22)/t14-/m1/s1. The second-order valence-corrected chi connectivity index (χ2v) is 7.48. The number of rotatable bonds is 8. The zero-order valence-electron chi connectivity index (χ0n) is 17.1. The van der Waals surface area contributed by atoms with E-state index in [1.165, 1.54) is 11.6 Å². The monoisotopic (exact) mass is 401 g/mol. The summed E-state index contributed by atoms with van der Waals surface area (Å²) in [6.07, 6.45) is -0.880. The molecule has 0 saturated heterocycles. The van der Waals surface area contributed by atoms with E-state index in [9.17, 15) is 14.7 Å². The Morgan fingerprint density at radius 1 is 1.14 bits per heavy atom. The van der Waals surface area contributed by atoms with Crippen molar-refractivity contribution in [2.45, 2.75) is 26.5 Å². The number of ether oxygens (including phenoxy) is 1. The fourth-order valence-electron chi connectivity index (χ4n) is 3.03. The zero-order chi connectivity index (χ0) is 21.1. The van der Waals surface area contributed by atoms with Crippen molar-refractivity contribution >= 4 is 17.1 Å². The number of aliphatic hydroxyl groups excluding tert-OH is 1. The summed E-state index contributed by atoms with van der Waals surface area (Å²) in [7, 11) is 3.00. The quantitative estimate of drug-likeness (QED) is 0.582. The number of hydrogen-bond donors (Lipinski definition) is 2. The Hall–Kier alpha value is -3.07. The summed E-state index contributed by atoms with van der Waals surface area (Å²) in [5, 5.41) is 13.8. The van der Waals surface area contributed by atoms with E-state index < -0.39 is 17.4 Å². The van der Waals surface area contributed by atoms with Gasteiger partial charge in [0.25, 0.3) is 5.56 Å². The van der Waals surface area contributed by atoms with E-state index in [4.69, 9.17) is 4.74 Å². The average molecular weight is 401 g/mol. The largest absolute Gasteiger partial charge is 0.491 e. The Morgan fingerprint density at radius 3 is 2.48 bits per heavy atom. The molecule has 0 aliphatic carbocycles. The molecule has 2 aromatic heterocycles. The highest BCUT2D eigenvalue weighted by Gasteiger charge is 2.21. The Kier molecular flexibility index (Phi) is 6.07. The first-order valence-electron chi connectivity index (χ1n) is 9.55. The third-order valence-electron chi connectivity index (χ3n) is 4.60. The van der Waals surface area contributed by atoms with Gasteiger partial charge in [-0.2, -0.15) is 4.98 Å². The zero-order valence-corrected chi connectivity index (χ0v) is 17.1. The Labute approximate surface area is 168 Å². The molecule has 9 heteroatoms. The Bertz CT molecular complexity index is 1100. The topological polar surface area (TPSA) is 103 Å². The third kappa shape index (κ3) is 4.34. The van der Waals surface area contributed by atoms with Crippen LogP contribution < -0.4 is 21.3 Å². The van der Waals surface area contributed by atoms with E-state index in [2.05, 4.69) is 24.1 Å². The molecule has 156 valence electrons. The first-order chi connectivity index (χ1) is 13.8. The van der Waals surface area contributed by atoms with Gasteiger partial charge in [0, 0.05) is 20.6 Å². The van der Waals surface area contributed by atoms with E-state index >= 15 is 0 Å². The van der Waals surface area contributed by atoms with Gasteiger partial charge in [-0.05, 0) is 18.1 Å². The molecule has 0 amide bonds. The number of aromatic nitrogens is 4. The molecule has 2 N–H and O–H groups in total. The molecule has 0 unspecified atom stereocenters. The number of nitrogens with one attached hydrogen (secondary N) is 1.